The van der Waals surface area contributed by atoms with Gasteiger partial charge < -0.3 is 14.2 Å². The Bertz CT molecular complexity index is 1210. The molecule has 5 rings (SSSR count). The van der Waals surface area contributed by atoms with E-state index in [2.05, 4.69) is 50.4 Å². The molecule has 0 unspecified atom stereocenters. The van der Waals surface area contributed by atoms with Gasteiger partial charge in [0, 0.05) is 49.4 Å². The maximum atomic E-state index is 6.04. The van der Waals surface area contributed by atoms with Gasteiger partial charge in [-0.15, -0.1) is 0 Å². The quantitative estimate of drug-likeness (QED) is 0.440. The number of pyridine rings is 1. The zero-order valence-electron chi connectivity index (χ0n) is 18.7. The number of benzene rings is 2. The van der Waals surface area contributed by atoms with E-state index in [1.165, 1.54) is 10.9 Å². The van der Waals surface area contributed by atoms with Gasteiger partial charge >= 0.3 is 0 Å². The van der Waals surface area contributed by atoms with Crippen LogP contribution in [0, 0.1) is 0 Å². The number of aromatic nitrogens is 3. The van der Waals surface area contributed by atoms with Crippen LogP contribution >= 0.6 is 0 Å². The van der Waals surface area contributed by atoms with Gasteiger partial charge in [-0.05, 0) is 42.0 Å². The molecule has 0 aliphatic carbocycles. The fourth-order valence-electron chi connectivity index (χ4n) is 4.15. The van der Waals surface area contributed by atoms with E-state index in [0.717, 1.165) is 54.5 Å². The van der Waals surface area contributed by atoms with Gasteiger partial charge in [-0.2, -0.15) is 5.10 Å². The van der Waals surface area contributed by atoms with Crippen molar-refractivity contribution in [2.75, 3.05) is 33.4 Å². The second-order valence-electron chi connectivity index (χ2n) is 8.22. The van der Waals surface area contributed by atoms with E-state index in [9.17, 15) is 0 Å². The smallest absolute Gasteiger partial charge is 0.123 e. The van der Waals surface area contributed by atoms with E-state index in [-0.39, 0.29) is 6.10 Å². The number of H-pyrrole nitrogens is 1. The highest BCUT2D eigenvalue weighted by atomic mass is 16.5. The van der Waals surface area contributed by atoms with Crippen LogP contribution in [0.25, 0.3) is 10.9 Å². The number of methoxy groups -OCH3 is 1. The maximum Gasteiger partial charge on any atom is 0.123 e. The van der Waals surface area contributed by atoms with Crippen molar-refractivity contribution in [1.29, 1.82) is 0 Å². The average Bonchev–Trinajstić information content (AvgIpc) is 3.33. The Morgan fingerprint density at radius 2 is 2.03 bits per heavy atom. The Morgan fingerprint density at radius 1 is 1.09 bits per heavy atom. The molecule has 7 nitrogen and oxygen atoms in total. The van der Waals surface area contributed by atoms with Crippen molar-refractivity contribution in [1.82, 2.24) is 20.1 Å². The van der Waals surface area contributed by atoms with Gasteiger partial charge in [-0.3, -0.25) is 15.0 Å². The SMILES string of the molecule is COc1cccc(OCCc2cc([C@H]3CN(Cc4ccc5ncccc5c4)CCO3)n[nH]2)c1. The summed E-state index contributed by atoms with van der Waals surface area (Å²) >= 11 is 0. The third-order valence-corrected chi connectivity index (χ3v) is 5.89. The number of ether oxygens (including phenoxy) is 3. The lowest BCUT2D eigenvalue weighted by Crippen LogP contribution is -2.37. The molecular formula is C26H28N4O3. The highest BCUT2D eigenvalue weighted by Gasteiger charge is 2.24. The number of hydrogen-bond donors (Lipinski definition) is 1. The number of hydrogen-bond acceptors (Lipinski definition) is 6. The molecule has 1 atom stereocenters. The molecule has 1 aliphatic rings. The highest BCUT2D eigenvalue weighted by molar-refractivity contribution is 5.78. The van der Waals surface area contributed by atoms with Crippen molar-refractivity contribution >= 4 is 10.9 Å². The molecule has 1 aliphatic heterocycles. The molecule has 0 spiro atoms. The lowest BCUT2D eigenvalue weighted by Gasteiger charge is -2.32. The molecule has 7 heteroatoms. The van der Waals surface area contributed by atoms with Crippen LogP contribution in [-0.2, 0) is 17.7 Å². The second kappa shape index (κ2) is 10.0. The van der Waals surface area contributed by atoms with Gasteiger partial charge in [0.1, 0.15) is 17.6 Å². The first-order chi connectivity index (χ1) is 16.3. The molecule has 1 N–H and O–H groups in total. The molecule has 0 saturated carbocycles. The van der Waals surface area contributed by atoms with E-state index in [0.29, 0.717) is 13.2 Å². The summed E-state index contributed by atoms with van der Waals surface area (Å²) in [6.45, 7) is 3.86. The summed E-state index contributed by atoms with van der Waals surface area (Å²) in [4.78, 5) is 6.83. The van der Waals surface area contributed by atoms with Crippen LogP contribution in [0.15, 0.2) is 66.9 Å². The van der Waals surface area contributed by atoms with Crippen LogP contribution in [-0.4, -0.2) is 53.5 Å². The van der Waals surface area contributed by atoms with Crippen molar-refractivity contribution in [2.45, 2.75) is 19.1 Å². The molecule has 2 aromatic heterocycles. The number of rotatable bonds is 8. The van der Waals surface area contributed by atoms with E-state index >= 15 is 0 Å². The lowest BCUT2D eigenvalue weighted by molar-refractivity contribution is -0.0350. The van der Waals surface area contributed by atoms with Gasteiger partial charge in [-0.25, -0.2) is 0 Å². The zero-order valence-corrected chi connectivity index (χ0v) is 18.7. The fourth-order valence-corrected chi connectivity index (χ4v) is 4.15. The number of aromatic amines is 1. The first-order valence-electron chi connectivity index (χ1n) is 11.3. The molecule has 1 saturated heterocycles. The largest absolute Gasteiger partial charge is 0.497 e. The molecule has 0 radical (unpaired) electrons. The highest BCUT2D eigenvalue weighted by Crippen LogP contribution is 2.24. The number of nitrogens with one attached hydrogen (secondary N) is 1. The Hall–Kier alpha value is -3.42. The summed E-state index contributed by atoms with van der Waals surface area (Å²) in [7, 11) is 1.65. The first-order valence-corrected chi connectivity index (χ1v) is 11.3. The molecule has 1 fully saturated rings. The summed E-state index contributed by atoms with van der Waals surface area (Å²) in [5.41, 5.74) is 4.29. The molecule has 33 heavy (non-hydrogen) atoms. The van der Waals surface area contributed by atoms with Crippen LogP contribution in [0.3, 0.4) is 0 Å². The third-order valence-electron chi connectivity index (χ3n) is 5.89. The number of morpholine rings is 1. The normalized spacial score (nSPS) is 16.7. The second-order valence-corrected chi connectivity index (χ2v) is 8.22. The maximum absolute atomic E-state index is 6.04. The summed E-state index contributed by atoms with van der Waals surface area (Å²) < 4.78 is 17.1. The van der Waals surface area contributed by atoms with Crippen molar-refractivity contribution in [3.63, 3.8) is 0 Å². The molecule has 2 aromatic carbocycles. The minimum atomic E-state index is -0.0369. The topological polar surface area (TPSA) is 72.5 Å². The average molecular weight is 445 g/mol. The zero-order chi connectivity index (χ0) is 22.5. The monoisotopic (exact) mass is 444 g/mol. The Labute approximate surface area is 193 Å². The Kier molecular flexibility index (Phi) is 6.51. The number of fused-ring (bicyclic) bond motifs is 1. The number of nitrogens with zero attached hydrogens (tertiary/aromatic N) is 3. The summed E-state index contributed by atoms with van der Waals surface area (Å²) in [5.74, 6) is 1.58. The summed E-state index contributed by atoms with van der Waals surface area (Å²) in [6.07, 6.45) is 2.54. The molecule has 170 valence electrons. The van der Waals surface area contributed by atoms with Gasteiger partial charge in [-0.1, -0.05) is 18.2 Å². The first kappa shape index (κ1) is 21.4. The van der Waals surface area contributed by atoms with Gasteiger partial charge in [0.15, 0.2) is 0 Å². The Morgan fingerprint density at radius 3 is 2.97 bits per heavy atom. The molecule has 4 aromatic rings. The van der Waals surface area contributed by atoms with Gasteiger partial charge in [0.2, 0.25) is 0 Å². The molecule has 3 heterocycles. The van der Waals surface area contributed by atoms with Gasteiger partial charge in [0.05, 0.1) is 31.5 Å². The van der Waals surface area contributed by atoms with E-state index in [1.54, 1.807) is 7.11 Å². The predicted molar refractivity (Wildman–Crippen MR) is 126 cm³/mol. The molecular weight excluding hydrogens is 416 g/mol. The summed E-state index contributed by atoms with van der Waals surface area (Å²) in [6, 6.07) is 20.3. The van der Waals surface area contributed by atoms with Crippen LogP contribution in [0.1, 0.15) is 23.1 Å². The molecule has 0 bridgehead atoms. The Balaban J connectivity index is 1.16. The van der Waals surface area contributed by atoms with Gasteiger partial charge in [0.25, 0.3) is 0 Å². The van der Waals surface area contributed by atoms with E-state index < -0.39 is 0 Å². The van der Waals surface area contributed by atoms with Crippen molar-refractivity contribution in [3.8, 4) is 11.5 Å². The summed E-state index contributed by atoms with van der Waals surface area (Å²) in [5, 5.41) is 8.83. The van der Waals surface area contributed by atoms with Crippen molar-refractivity contribution < 1.29 is 14.2 Å². The third kappa shape index (κ3) is 5.32. The van der Waals surface area contributed by atoms with Crippen molar-refractivity contribution in [2.24, 2.45) is 0 Å². The van der Waals surface area contributed by atoms with Crippen LogP contribution in [0.2, 0.25) is 0 Å². The standard InChI is InChI=1S/C26H28N4O3/c1-31-22-5-2-6-23(16-22)32-12-9-21-15-25(29-28-21)26-18-30(11-13-33-26)17-19-7-8-24-20(14-19)4-3-10-27-24/h2-8,10,14-16,26H,9,11-13,17-18H2,1H3,(H,28,29)/t26-/m1/s1. The fraction of sp³-hybridized carbons (Fsp3) is 0.308. The van der Waals surface area contributed by atoms with Crippen LogP contribution < -0.4 is 9.47 Å². The van der Waals surface area contributed by atoms with Crippen molar-refractivity contribution in [3.05, 3.63) is 83.8 Å². The lowest BCUT2D eigenvalue weighted by atomic mass is 10.1. The van der Waals surface area contributed by atoms with Crippen LogP contribution in [0.5, 0.6) is 11.5 Å². The van der Waals surface area contributed by atoms with E-state index in [4.69, 9.17) is 14.2 Å². The minimum Gasteiger partial charge on any atom is -0.497 e. The van der Waals surface area contributed by atoms with Crippen LogP contribution in [0.4, 0.5) is 0 Å². The molecule has 0 amide bonds. The minimum absolute atomic E-state index is 0.0369. The predicted octanol–water partition coefficient (Wildman–Crippen LogP) is 4.16. The van der Waals surface area contributed by atoms with E-state index in [1.807, 2.05) is 36.5 Å².